The molecule has 0 amide bonds. The topological polar surface area (TPSA) is 88.7 Å². The second-order valence-electron chi connectivity index (χ2n) is 7.80. The van der Waals surface area contributed by atoms with E-state index in [4.69, 9.17) is 9.47 Å². The van der Waals surface area contributed by atoms with E-state index in [2.05, 4.69) is 16.0 Å². The Morgan fingerprint density at radius 2 is 2.04 bits per heavy atom. The number of hydrogen-bond acceptors (Lipinski definition) is 7. The number of piperidine rings is 2. The van der Waals surface area contributed by atoms with Gasteiger partial charge in [0.2, 0.25) is 0 Å². The SMILES string of the molecule is COC1CCC(NCC2CCOC2)NC1C1CCC(S(C)(=O)=O)NC1. The van der Waals surface area contributed by atoms with Gasteiger partial charge in [0.25, 0.3) is 0 Å². The third-order valence-electron chi connectivity index (χ3n) is 5.95. The van der Waals surface area contributed by atoms with Gasteiger partial charge in [-0.1, -0.05) is 0 Å². The van der Waals surface area contributed by atoms with Gasteiger partial charge in [-0.25, -0.2) is 8.42 Å². The van der Waals surface area contributed by atoms with Crippen molar-refractivity contribution in [3.05, 3.63) is 0 Å². The van der Waals surface area contributed by atoms with Gasteiger partial charge < -0.3 is 20.1 Å². The molecule has 0 radical (unpaired) electrons. The lowest BCUT2D eigenvalue weighted by Crippen LogP contribution is -2.62. The Labute approximate surface area is 151 Å². The molecule has 3 heterocycles. The van der Waals surface area contributed by atoms with Crippen LogP contribution >= 0.6 is 0 Å². The first-order chi connectivity index (χ1) is 12.0. The van der Waals surface area contributed by atoms with E-state index in [-0.39, 0.29) is 12.1 Å². The summed E-state index contributed by atoms with van der Waals surface area (Å²) in [5, 5.41) is 10.2. The highest BCUT2D eigenvalue weighted by Crippen LogP contribution is 2.27. The maximum Gasteiger partial charge on any atom is 0.163 e. The molecule has 3 N–H and O–H groups in total. The minimum absolute atomic E-state index is 0.189. The quantitative estimate of drug-likeness (QED) is 0.606. The molecule has 25 heavy (non-hydrogen) atoms. The highest BCUT2D eigenvalue weighted by atomic mass is 32.2. The number of methoxy groups -OCH3 is 1. The summed E-state index contributed by atoms with van der Waals surface area (Å²) in [5.41, 5.74) is 0. The highest BCUT2D eigenvalue weighted by molar-refractivity contribution is 7.91. The Morgan fingerprint density at radius 1 is 1.20 bits per heavy atom. The zero-order chi connectivity index (χ0) is 17.9. The molecule has 0 spiro atoms. The first-order valence-corrected chi connectivity index (χ1v) is 11.4. The van der Waals surface area contributed by atoms with Crippen molar-refractivity contribution < 1.29 is 17.9 Å². The summed E-state index contributed by atoms with van der Waals surface area (Å²) in [6.45, 7) is 3.46. The van der Waals surface area contributed by atoms with E-state index in [1.807, 2.05) is 0 Å². The first-order valence-electron chi connectivity index (χ1n) is 9.49. The van der Waals surface area contributed by atoms with Crippen molar-refractivity contribution in [3.8, 4) is 0 Å². The van der Waals surface area contributed by atoms with Crippen LogP contribution in [-0.2, 0) is 19.3 Å². The van der Waals surface area contributed by atoms with Gasteiger partial charge in [-0.05, 0) is 43.9 Å². The predicted octanol–water partition coefficient (Wildman–Crippen LogP) is 0.0759. The molecule has 3 aliphatic heterocycles. The van der Waals surface area contributed by atoms with E-state index in [9.17, 15) is 8.42 Å². The van der Waals surface area contributed by atoms with Crippen molar-refractivity contribution in [1.29, 1.82) is 0 Å². The Balaban J connectivity index is 1.52. The molecule has 0 bridgehead atoms. The van der Waals surface area contributed by atoms with Gasteiger partial charge in [0.15, 0.2) is 9.84 Å². The molecule has 3 saturated heterocycles. The van der Waals surface area contributed by atoms with Crippen LogP contribution in [0.3, 0.4) is 0 Å². The number of hydrogen-bond donors (Lipinski definition) is 3. The molecule has 8 heteroatoms. The van der Waals surface area contributed by atoms with E-state index < -0.39 is 15.2 Å². The molecule has 3 fully saturated rings. The third kappa shape index (κ3) is 5.14. The van der Waals surface area contributed by atoms with Crippen LogP contribution in [0.1, 0.15) is 32.1 Å². The zero-order valence-corrected chi connectivity index (χ0v) is 16.2. The molecule has 0 aromatic heterocycles. The maximum atomic E-state index is 11.7. The summed E-state index contributed by atoms with van der Waals surface area (Å²) in [7, 11) is -1.24. The van der Waals surface area contributed by atoms with Crippen LogP contribution in [0.15, 0.2) is 0 Å². The van der Waals surface area contributed by atoms with Gasteiger partial charge >= 0.3 is 0 Å². The van der Waals surface area contributed by atoms with Crippen molar-refractivity contribution in [2.75, 3.05) is 39.7 Å². The minimum atomic E-state index is -3.01. The van der Waals surface area contributed by atoms with Crippen LogP contribution in [-0.4, -0.2) is 71.8 Å². The lowest BCUT2D eigenvalue weighted by Gasteiger charge is -2.43. The predicted molar refractivity (Wildman–Crippen MR) is 97.0 cm³/mol. The average Bonchev–Trinajstić information content (AvgIpc) is 3.12. The smallest absolute Gasteiger partial charge is 0.163 e. The Hall–Kier alpha value is -0.250. The van der Waals surface area contributed by atoms with Gasteiger partial charge in [-0.2, -0.15) is 0 Å². The largest absolute Gasteiger partial charge is 0.381 e. The molecule has 146 valence electrons. The van der Waals surface area contributed by atoms with Gasteiger partial charge in [0.05, 0.1) is 18.9 Å². The second-order valence-corrected chi connectivity index (χ2v) is 10.0. The number of sulfone groups is 1. The fourth-order valence-electron chi connectivity index (χ4n) is 4.38. The molecule has 0 aromatic carbocycles. The molecule has 0 aromatic rings. The summed E-state index contributed by atoms with van der Waals surface area (Å²) in [6.07, 6.45) is 6.60. The molecule has 7 nitrogen and oxygen atoms in total. The number of nitrogens with one attached hydrogen (secondary N) is 3. The van der Waals surface area contributed by atoms with E-state index >= 15 is 0 Å². The molecular weight excluding hydrogens is 342 g/mol. The van der Waals surface area contributed by atoms with Crippen molar-refractivity contribution in [1.82, 2.24) is 16.0 Å². The summed E-state index contributed by atoms with van der Waals surface area (Å²) < 4.78 is 34.6. The lowest BCUT2D eigenvalue weighted by molar-refractivity contribution is 0.00354. The summed E-state index contributed by atoms with van der Waals surface area (Å²) in [6, 6.07) is 0.254. The lowest BCUT2D eigenvalue weighted by atomic mass is 9.84. The van der Waals surface area contributed by atoms with Crippen molar-refractivity contribution >= 4 is 9.84 Å². The van der Waals surface area contributed by atoms with Crippen LogP contribution in [0.5, 0.6) is 0 Å². The van der Waals surface area contributed by atoms with Crippen LogP contribution in [0.2, 0.25) is 0 Å². The van der Waals surface area contributed by atoms with Crippen LogP contribution in [0.25, 0.3) is 0 Å². The molecule has 0 saturated carbocycles. The monoisotopic (exact) mass is 375 g/mol. The molecule has 0 aliphatic carbocycles. The molecular formula is C17H33N3O4S. The summed E-state index contributed by atoms with van der Waals surface area (Å²) in [4.78, 5) is 0. The Morgan fingerprint density at radius 3 is 2.64 bits per heavy atom. The van der Waals surface area contributed by atoms with Gasteiger partial charge in [0, 0.05) is 39.1 Å². The Bertz CT molecular complexity index is 516. The standard InChI is InChI=1S/C17H33N3O4S/c1-23-14-4-5-15(18-9-12-7-8-24-11-12)20-17(14)13-3-6-16(19-10-13)25(2,21)22/h12-20H,3-11H2,1-2H3. The fraction of sp³-hybridized carbons (Fsp3) is 1.00. The molecule has 6 atom stereocenters. The van der Waals surface area contributed by atoms with E-state index in [1.165, 1.54) is 6.26 Å². The third-order valence-corrected chi connectivity index (χ3v) is 7.38. The van der Waals surface area contributed by atoms with Crippen LogP contribution < -0.4 is 16.0 Å². The van der Waals surface area contributed by atoms with Crippen LogP contribution in [0.4, 0.5) is 0 Å². The molecule has 6 unspecified atom stereocenters. The molecule has 3 rings (SSSR count). The fourth-order valence-corrected chi connectivity index (χ4v) is 5.34. The van der Waals surface area contributed by atoms with Crippen molar-refractivity contribution in [3.63, 3.8) is 0 Å². The minimum Gasteiger partial charge on any atom is -0.381 e. The van der Waals surface area contributed by atoms with E-state index in [1.54, 1.807) is 7.11 Å². The summed E-state index contributed by atoms with van der Waals surface area (Å²) >= 11 is 0. The van der Waals surface area contributed by atoms with Gasteiger partial charge in [-0.3, -0.25) is 5.32 Å². The van der Waals surface area contributed by atoms with E-state index in [0.29, 0.717) is 24.4 Å². The van der Waals surface area contributed by atoms with Crippen molar-refractivity contribution in [2.24, 2.45) is 11.8 Å². The zero-order valence-electron chi connectivity index (χ0n) is 15.4. The Kier molecular flexibility index (Phi) is 6.73. The average molecular weight is 376 g/mol. The van der Waals surface area contributed by atoms with E-state index in [0.717, 1.165) is 52.0 Å². The number of rotatable bonds is 6. The number of ether oxygens (including phenoxy) is 2. The normalized spacial score (nSPS) is 40.2. The highest BCUT2D eigenvalue weighted by Gasteiger charge is 2.38. The van der Waals surface area contributed by atoms with Gasteiger partial charge in [-0.15, -0.1) is 0 Å². The van der Waals surface area contributed by atoms with Gasteiger partial charge in [0.1, 0.15) is 5.37 Å². The second kappa shape index (κ2) is 8.63. The molecule has 3 aliphatic rings. The summed E-state index contributed by atoms with van der Waals surface area (Å²) in [5.74, 6) is 1.01. The van der Waals surface area contributed by atoms with Crippen molar-refractivity contribution in [2.45, 2.75) is 55.8 Å². The first kappa shape index (κ1) is 19.5. The van der Waals surface area contributed by atoms with Crippen LogP contribution in [0, 0.1) is 11.8 Å². The maximum absolute atomic E-state index is 11.7.